The van der Waals surface area contributed by atoms with Gasteiger partial charge in [-0.2, -0.15) is 0 Å². The molecular formula is C21H20N2O5. The van der Waals surface area contributed by atoms with Gasteiger partial charge in [0.15, 0.2) is 6.10 Å². The first-order chi connectivity index (χ1) is 13.5. The first-order valence-corrected chi connectivity index (χ1v) is 8.92. The normalized spacial score (nSPS) is 17.1. The number of carbonyl (C=O) groups excluding carboxylic acids is 4. The van der Waals surface area contributed by atoms with E-state index in [4.69, 9.17) is 4.74 Å². The van der Waals surface area contributed by atoms with Crippen LogP contribution < -0.4 is 5.43 Å². The maximum atomic E-state index is 12.4. The molecule has 0 aromatic heterocycles. The van der Waals surface area contributed by atoms with E-state index in [0.717, 1.165) is 5.01 Å². The molecule has 1 N–H and O–H groups in total. The molecule has 0 saturated carbocycles. The second kappa shape index (κ2) is 8.47. The topological polar surface area (TPSA) is 92.8 Å². The molecule has 1 aliphatic rings. The molecule has 1 aliphatic heterocycles. The molecule has 144 valence electrons. The van der Waals surface area contributed by atoms with Gasteiger partial charge in [0, 0.05) is 17.5 Å². The molecule has 0 spiro atoms. The molecule has 2 unspecified atom stereocenters. The Labute approximate surface area is 162 Å². The van der Waals surface area contributed by atoms with E-state index in [2.05, 4.69) is 5.43 Å². The summed E-state index contributed by atoms with van der Waals surface area (Å²) in [6.45, 7) is 1.50. The highest BCUT2D eigenvalue weighted by molar-refractivity contribution is 6.00. The number of hydrogen-bond acceptors (Lipinski definition) is 5. The van der Waals surface area contributed by atoms with Crippen LogP contribution in [0.3, 0.4) is 0 Å². The van der Waals surface area contributed by atoms with E-state index < -0.39 is 23.9 Å². The van der Waals surface area contributed by atoms with Crippen molar-refractivity contribution in [2.24, 2.45) is 5.92 Å². The van der Waals surface area contributed by atoms with Gasteiger partial charge < -0.3 is 4.74 Å². The smallest absolute Gasteiger partial charge is 0.312 e. The molecule has 1 heterocycles. The SMILES string of the molecule is CC(OC(=O)C1CC(=O)N(NC(=O)c2ccccc2)C1)C(=O)c1ccccc1. The van der Waals surface area contributed by atoms with Crippen molar-refractivity contribution in [1.82, 2.24) is 10.4 Å². The number of nitrogens with one attached hydrogen (secondary N) is 1. The van der Waals surface area contributed by atoms with Gasteiger partial charge in [0.1, 0.15) is 0 Å². The molecule has 28 heavy (non-hydrogen) atoms. The highest BCUT2D eigenvalue weighted by Gasteiger charge is 2.37. The van der Waals surface area contributed by atoms with Crippen LogP contribution in [0.2, 0.25) is 0 Å². The summed E-state index contributed by atoms with van der Waals surface area (Å²) in [6.07, 6.45) is -1.04. The predicted octanol–water partition coefficient (Wildman–Crippen LogP) is 1.99. The molecule has 1 saturated heterocycles. The zero-order valence-electron chi connectivity index (χ0n) is 15.3. The Bertz CT molecular complexity index is 882. The van der Waals surface area contributed by atoms with E-state index >= 15 is 0 Å². The lowest BCUT2D eigenvalue weighted by molar-refractivity contribution is -0.151. The monoisotopic (exact) mass is 380 g/mol. The number of Topliss-reactive ketones (excluding diaryl/α,β-unsaturated/α-hetero) is 1. The largest absolute Gasteiger partial charge is 0.454 e. The lowest BCUT2D eigenvalue weighted by Gasteiger charge is -2.18. The van der Waals surface area contributed by atoms with Gasteiger partial charge in [0.25, 0.3) is 5.91 Å². The maximum absolute atomic E-state index is 12.4. The maximum Gasteiger partial charge on any atom is 0.312 e. The second-order valence-electron chi connectivity index (χ2n) is 6.52. The van der Waals surface area contributed by atoms with Gasteiger partial charge in [-0.05, 0) is 19.1 Å². The number of benzene rings is 2. The summed E-state index contributed by atoms with van der Waals surface area (Å²) < 4.78 is 5.26. The summed E-state index contributed by atoms with van der Waals surface area (Å²) in [6, 6.07) is 17.0. The average Bonchev–Trinajstić information content (AvgIpc) is 3.09. The van der Waals surface area contributed by atoms with Crippen LogP contribution in [0.1, 0.15) is 34.1 Å². The molecule has 2 amide bonds. The molecule has 1 fully saturated rings. The van der Waals surface area contributed by atoms with Gasteiger partial charge >= 0.3 is 5.97 Å². The minimum atomic E-state index is -0.960. The van der Waals surface area contributed by atoms with Crippen LogP contribution in [0.25, 0.3) is 0 Å². The van der Waals surface area contributed by atoms with E-state index in [1.165, 1.54) is 6.92 Å². The van der Waals surface area contributed by atoms with Crippen molar-refractivity contribution in [3.8, 4) is 0 Å². The summed E-state index contributed by atoms with van der Waals surface area (Å²) in [5.74, 6) is -2.51. The number of nitrogens with zero attached hydrogens (tertiary/aromatic N) is 1. The van der Waals surface area contributed by atoms with Crippen LogP contribution in [-0.2, 0) is 14.3 Å². The molecule has 0 bridgehead atoms. The van der Waals surface area contributed by atoms with Crippen LogP contribution in [0.15, 0.2) is 60.7 Å². The van der Waals surface area contributed by atoms with E-state index in [1.54, 1.807) is 60.7 Å². The molecule has 2 aromatic carbocycles. The van der Waals surface area contributed by atoms with E-state index in [9.17, 15) is 19.2 Å². The summed E-state index contributed by atoms with van der Waals surface area (Å²) in [5.41, 5.74) is 3.35. The Kier molecular flexibility index (Phi) is 5.84. The summed E-state index contributed by atoms with van der Waals surface area (Å²) in [7, 11) is 0. The Morgan fingerprint density at radius 1 is 1.00 bits per heavy atom. The number of esters is 1. The van der Waals surface area contributed by atoms with Crippen molar-refractivity contribution < 1.29 is 23.9 Å². The lowest BCUT2D eigenvalue weighted by atomic mass is 10.1. The van der Waals surface area contributed by atoms with E-state index in [0.29, 0.717) is 11.1 Å². The van der Waals surface area contributed by atoms with Gasteiger partial charge in [-0.1, -0.05) is 48.5 Å². The van der Waals surface area contributed by atoms with Crippen molar-refractivity contribution in [3.05, 3.63) is 71.8 Å². The quantitative estimate of drug-likeness (QED) is 0.611. The van der Waals surface area contributed by atoms with Gasteiger partial charge in [0.2, 0.25) is 11.7 Å². The first-order valence-electron chi connectivity index (χ1n) is 8.92. The van der Waals surface area contributed by atoms with Gasteiger partial charge in [-0.15, -0.1) is 0 Å². The Morgan fingerprint density at radius 2 is 1.57 bits per heavy atom. The third-order valence-corrected chi connectivity index (χ3v) is 4.45. The first kappa shape index (κ1) is 19.3. The standard InChI is InChI=1S/C21H20N2O5/c1-14(19(25)15-8-4-2-5-9-15)28-21(27)17-12-18(24)23(13-17)22-20(26)16-10-6-3-7-11-16/h2-11,14,17H,12-13H2,1H3,(H,22,26). The molecular weight excluding hydrogens is 360 g/mol. The highest BCUT2D eigenvalue weighted by atomic mass is 16.5. The van der Waals surface area contributed by atoms with Crippen LogP contribution in [-0.4, -0.2) is 41.2 Å². The number of amides is 2. The molecule has 7 nitrogen and oxygen atoms in total. The summed E-state index contributed by atoms with van der Waals surface area (Å²) in [5, 5.41) is 1.12. The summed E-state index contributed by atoms with van der Waals surface area (Å²) in [4.78, 5) is 49.0. The number of hydrazine groups is 1. The van der Waals surface area contributed by atoms with Gasteiger partial charge in [0.05, 0.1) is 12.5 Å². The van der Waals surface area contributed by atoms with Gasteiger partial charge in [-0.25, -0.2) is 0 Å². The van der Waals surface area contributed by atoms with Crippen molar-refractivity contribution >= 4 is 23.6 Å². The number of carbonyl (C=O) groups is 4. The molecule has 3 rings (SSSR count). The molecule has 2 atom stereocenters. The molecule has 7 heteroatoms. The molecule has 0 aliphatic carbocycles. The van der Waals surface area contributed by atoms with Crippen molar-refractivity contribution in [2.45, 2.75) is 19.4 Å². The van der Waals surface area contributed by atoms with Gasteiger partial charge in [-0.3, -0.25) is 29.6 Å². The van der Waals surface area contributed by atoms with Crippen molar-refractivity contribution in [3.63, 3.8) is 0 Å². The molecule has 2 aromatic rings. The van der Waals surface area contributed by atoms with Crippen molar-refractivity contribution in [2.75, 3.05) is 6.54 Å². The number of rotatable bonds is 6. The van der Waals surface area contributed by atoms with Crippen LogP contribution in [0.4, 0.5) is 0 Å². The zero-order chi connectivity index (χ0) is 20.1. The number of ether oxygens (including phenoxy) is 1. The Hall–Kier alpha value is -3.48. The third-order valence-electron chi connectivity index (χ3n) is 4.45. The minimum absolute atomic E-state index is 0.00247. The summed E-state index contributed by atoms with van der Waals surface area (Å²) >= 11 is 0. The Balaban J connectivity index is 1.56. The van der Waals surface area contributed by atoms with E-state index in [1.807, 2.05) is 0 Å². The molecule has 0 radical (unpaired) electrons. The third kappa shape index (κ3) is 4.43. The highest BCUT2D eigenvalue weighted by Crippen LogP contribution is 2.19. The minimum Gasteiger partial charge on any atom is -0.454 e. The van der Waals surface area contributed by atoms with Crippen molar-refractivity contribution in [1.29, 1.82) is 0 Å². The predicted molar refractivity (Wildman–Crippen MR) is 100 cm³/mol. The lowest BCUT2D eigenvalue weighted by Crippen LogP contribution is -2.43. The fourth-order valence-corrected chi connectivity index (χ4v) is 2.91. The fraction of sp³-hybridized carbons (Fsp3) is 0.238. The van der Waals surface area contributed by atoms with Crippen LogP contribution in [0, 0.1) is 5.92 Å². The van der Waals surface area contributed by atoms with Crippen LogP contribution in [0.5, 0.6) is 0 Å². The van der Waals surface area contributed by atoms with E-state index in [-0.39, 0.29) is 24.7 Å². The average molecular weight is 380 g/mol. The second-order valence-corrected chi connectivity index (χ2v) is 6.52. The fourth-order valence-electron chi connectivity index (χ4n) is 2.91. The number of hydrogen-bond donors (Lipinski definition) is 1. The zero-order valence-corrected chi connectivity index (χ0v) is 15.3. The number of ketones is 1. The van der Waals surface area contributed by atoms with Crippen LogP contribution >= 0.6 is 0 Å². The Morgan fingerprint density at radius 3 is 2.18 bits per heavy atom.